The first-order chi connectivity index (χ1) is 14.0. The van der Waals surface area contributed by atoms with Gasteiger partial charge in [-0.1, -0.05) is 55.1 Å². The SMILES string of the molecule is C=C1c2ccccc2C(=O)N1[C@H](C)C(=O)N1CCC(C(=O)c2ccccc2)CC1. The number of amides is 2. The number of benzene rings is 2. The number of rotatable bonds is 4. The molecule has 0 unspecified atom stereocenters. The molecule has 5 heteroatoms. The number of fused-ring (bicyclic) bond motifs is 1. The maximum absolute atomic E-state index is 13.1. The summed E-state index contributed by atoms with van der Waals surface area (Å²) in [6.07, 6.45) is 1.28. The Morgan fingerprint density at radius 2 is 1.55 bits per heavy atom. The van der Waals surface area contributed by atoms with E-state index in [0.717, 1.165) is 11.1 Å². The Balaban J connectivity index is 1.41. The first kappa shape index (κ1) is 19.1. The number of carbonyl (C=O) groups excluding carboxylic acids is 3. The van der Waals surface area contributed by atoms with Crippen molar-refractivity contribution < 1.29 is 14.4 Å². The van der Waals surface area contributed by atoms with E-state index in [-0.39, 0.29) is 23.5 Å². The van der Waals surface area contributed by atoms with Crippen molar-refractivity contribution in [2.45, 2.75) is 25.8 Å². The molecule has 29 heavy (non-hydrogen) atoms. The molecule has 2 heterocycles. The third-order valence-corrected chi connectivity index (χ3v) is 5.96. The molecule has 0 aliphatic carbocycles. The van der Waals surface area contributed by atoms with Gasteiger partial charge in [0.1, 0.15) is 6.04 Å². The van der Waals surface area contributed by atoms with Gasteiger partial charge in [0.2, 0.25) is 5.91 Å². The lowest BCUT2D eigenvalue weighted by molar-refractivity contribution is -0.135. The van der Waals surface area contributed by atoms with Gasteiger partial charge in [-0.3, -0.25) is 19.3 Å². The number of hydrogen-bond donors (Lipinski definition) is 0. The van der Waals surface area contributed by atoms with E-state index in [1.165, 1.54) is 4.90 Å². The molecule has 2 amide bonds. The predicted molar refractivity (Wildman–Crippen MR) is 111 cm³/mol. The highest BCUT2D eigenvalue weighted by Crippen LogP contribution is 2.33. The number of ketones is 1. The van der Waals surface area contributed by atoms with Gasteiger partial charge in [0, 0.05) is 41.4 Å². The van der Waals surface area contributed by atoms with Gasteiger partial charge < -0.3 is 4.90 Å². The largest absolute Gasteiger partial charge is 0.341 e. The second kappa shape index (κ2) is 7.66. The number of carbonyl (C=O) groups is 3. The van der Waals surface area contributed by atoms with Crippen LogP contribution >= 0.6 is 0 Å². The Morgan fingerprint density at radius 1 is 0.966 bits per heavy atom. The fourth-order valence-electron chi connectivity index (χ4n) is 4.29. The minimum atomic E-state index is -0.622. The van der Waals surface area contributed by atoms with E-state index in [0.29, 0.717) is 37.2 Å². The average molecular weight is 388 g/mol. The van der Waals surface area contributed by atoms with Crippen molar-refractivity contribution in [1.29, 1.82) is 0 Å². The molecule has 0 radical (unpaired) electrons. The van der Waals surface area contributed by atoms with Crippen LogP contribution < -0.4 is 0 Å². The predicted octanol–water partition coefficient (Wildman–Crippen LogP) is 3.62. The molecule has 2 aliphatic rings. The Kier molecular flexibility index (Phi) is 5.05. The highest BCUT2D eigenvalue weighted by atomic mass is 16.2. The van der Waals surface area contributed by atoms with Crippen LogP contribution in [-0.2, 0) is 4.79 Å². The molecule has 1 saturated heterocycles. The van der Waals surface area contributed by atoms with Crippen LogP contribution in [0.1, 0.15) is 46.0 Å². The summed E-state index contributed by atoms with van der Waals surface area (Å²) in [5, 5.41) is 0. The summed E-state index contributed by atoms with van der Waals surface area (Å²) >= 11 is 0. The zero-order valence-corrected chi connectivity index (χ0v) is 16.5. The fraction of sp³-hybridized carbons (Fsp3) is 0.292. The average Bonchev–Trinajstić information content (AvgIpc) is 3.03. The topological polar surface area (TPSA) is 57.7 Å². The van der Waals surface area contributed by atoms with Crippen molar-refractivity contribution in [3.63, 3.8) is 0 Å². The number of Topliss-reactive ketones (excluding diaryl/α,β-unsaturated/α-hetero) is 1. The normalized spacial score (nSPS) is 18.0. The second-order valence-electron chi connectivity index (χ2n) is 7.67. The van der Waals surface area contributed by atoms with E-state index in [4.69, 9.17) is 0 Å². The van der Waals surface area contributed by atoms with Crippen LogP contribution in [0.5, 0.6) is 0 Å². The Labute approximate surface area is 170 Å². The molecule has 0 aromatic heterocycles. The molecule has 1 fully saturated rings. The minimum Gasteiger partial charge on any atom is -0.341 e. The molecule has 2 aromatic rings. The molecule has 0 N–H and O–H groups in total. The highest BCUT2D eigenvalue weighted by molar-refractivity contribution is 6.10. The van der Waals surface area contributed by atoms with Gasteiger partial charge in [-0.2, -0.15) is 0 Å². The summed E-state index contributed by atoms with van der Waals surface area (Å²) in [4.78, 5) is 41.8. The summed E-state index contributed by atoms with van der Waals surface area (Å²) in [5.74, 6) is -0.202. The van der Waals surface area contributed by atoms with Gasteiger partial charge in [-0.25, -0.2) is 0 Å². The van der Waals surface area contributed by atoms with Gasteiger partial charge >= 0.3 is 0 Å². The van der Waals surface area contributed by atoms with Crippen LogP contribution in [0.2, 0.25) is 0 Å². The van der Waals surface area contributed by atoms with E-state index in [1.807, 2.05) is 48.5 Å². The van der Waals surface area contributed by atoms with Gasteiger partial charge in [0.25, 0.3) is 5.91 Å². The van der Waals surface area contributed by atoms with Gasteiger partial charge in [0.05, 0.1) is 0 Å². The van der Waals surface area contributed by atoms with Crippen molar-refractivity contribution in [2.24, 2.45) is 5.92 Å². The minimum absolute atomic E-state index is 0.0654. The molecular formula is C24H24N2O3. The van der Waals surface area contributed by atoms with E-state index in [2.05, 4.69) is 6.58 Å². The summed E-state index contributed by atoms with van der Waals surface area (Å²) in [5.41, 5.74) is 2.66. The number of likely N-dealkylation sites (tertiary alicyclic amines) is 1. The molecular weight excluding hydrogens is 364 g/mol. The van der Waals surface area contributed by atoms with Crippen LogP contribution in [0.25, 0.3) is 5.70 Å². The van der Waals surface area contributed by atoms with E-state index in [1.54, 1.807) is 17.9 Å². The lowest BCUT2D eigenvalue weighted by Crippen LogP contribution is -2.49. The maximum atomic E-state index is 13.1. The van der Waals surface area contributed by atoms with Gasteiger partial charge in [-0.05, 0) is 25.8 Å². The summed E-state index contributed by atoms with van der Waals surface area (Å²) in [6, 6.07) is 16.0. The van der Waals surface area contributed by atoms with E-state index in [9.17, 15) is 14.4 Å². The Bertz CT molecular complexity index is 940. The number of nitrogens with zero attached hydrogens (tertiary/aromatic N) is 2. The third-order valence-electron chi connectivity index (χ3n) is 5.96. The smallest absolute Gasteiger partial charge is 0.259 e. The fourth-order valence-corrected chi connectivity index (χ4v) is 4.29. The first-order valence-corrected chi connectivity index (χ1v) is 9.99. The molecule has 0 saturated carbocycles. The van der Waals surface area contributed by atoms with Crippen LogP contribution in [0.3, 0.4) is 0 Å². The molecule has 4 rings (SSSR count). The quantitative estimate of drug-likeness (QED) is 0.752. The lowest BCUT2D eigenvalue weighted by Gasteiger charge is -2.35. The van der Waals surface area contributed by atoms with Crippen molar-refractivity contribution >= 4 is 23.3 Å². The van der Waals surface area contributed by atoms with Crippen molar-refractivity contribution in [1.82, 2.24) is 9.80 Å². The van der Waals surface area contributed by atoms with Crippen molar-refractivity contribution in [2.75, 3.05) is 13.1 Å². The highest BCUT2D eigenvalue weighted by Gasteiger charge is 2.39. The zero-order chi connectivity index (χ0) is 20.5. The molecule has 0 spiro atoms. The van der Waals surface area contributed by atoms with E-state index >= 15 is 0 Å². The summed E-state index contributed by atoms with van der Waals surface area (Å²) in [7, 11) is 0. The number of piperidine rings is 1. The molecule has 148 valence electrons. The van der Waals surface area contributed by atoms with Crippen LogP contribution in [0.15, 0.2) is 61.2 Å². The third kappa shape index (κ3) is 3.37. The summed E-state index contributed by atoms with van der Waals surface area (Å²) in [6.45, 7) is 6.83. The second-order valence-corrected chi connectivity index (χ2v) is 7.67. The summed E-state index contributed by atoms with van der Waals surface area (Å²) < 4.78 is 0. The van der Waals surface area contributed by atoms with Crippen LogP contribution in [-0.4, -0.2) is 46.5 Å². The lowest BCUT2D eigenvalue weighted by atomic mass is 9.88. The van der Waals surface area contributed by atoms with E-state index < -0.39 is 6.04 Å². The Hall–Kier alpha value is -3.21. The molecule has 2 aliphatic heterocycles. The number of hydrogen-bond acceptors (Lipinski definition) is 3. The van der Waals surface area contributed by atoms with Crippen LogP contribution in [0.4, 0.5) is 0 Å². The molecule has 0 bridgehead atoms. The van der Waals surface area contributed by atoms with Crippen molar-refractivity contribution in [3.05, 3.63) is 77.9 Å². The Morgan fingerprint density at radius 3 is 2.17 bits per heavy atom. The van der Waals surface area contributed by atoms with Crippen LogP contribution in [0, 0.1) is 5.92 Å². The van der Waals surface area contributed by atoms with Gasteiger partial charge in [-0.15, -0.1) is 0 Å². The monoisotopic (exact) mass is 388 g/mol. The maximum Gasteiger partial charge on any atom is 0.259 e. The van der Waals surface area contributed by atoms with Gasteiger partial charge in [0.15, 0.2) is 5.78 Å². The molecule has 5 nitrogen and oxygen atoms in total. The van der Waals surface area contributed by atoms with Crippen molar-refractivity contribution in [3.8, 4) is 0 Å². The zero-order valence-electron chi connectivity index (χ0n) is 16.5. The molecule has 1 atom stereocenters. The first-order valence-electron chi connectivity index (χ1n) is 9.99. The standard InChI is InChI=1S/C24H24N2O3/c1-16-20-10-6-7-11-21(20)24(29)26(16)17(2)23(28)25-14-12-19(13-15-25)22(27)18-8-4-3-5-9-18/h3-11,17,19H,1,12-15H2,2H3/t17-/m1/s1. The molecule has 2 aromatic carbocycles.